The van der Waals surface area contributed by atoms with E-state index in [9.17, 15) is 64.3 Å². The summed E-state index contributed by atoms with van der Waals surface area (Å²) in [5.41, 5.74) is 14.7. The average molecular weight is 878 g/mol. The molecule has 4 unspecified atom stereocenters. The quantitative estimate of drug-likeness (QED) is 0.0589. The fraction of sp³-hybridized carbons (Fsp3) is 0.536. The fourth-order valence-corrected chi connectivity index (χ4v) is 9.48. The summed E-state index contributed by atoms with van der Waals surface area (Å²) in [7, 11) is -11.5. The number of hydrogen-bond acceptors (Lipinski definition) is 24. The van der Waals surface area contributed by atoms with Gasteiger partial charge in [0.05, 0.1) is 12.9 Å². The number of nitrogens with zero attached hydrogens (tertiary/aromatic N) is 8. The van der Waals surface area contributed by atoms with E-state index in [1.165, 1.54) is 0 Å². The van der Waals surface area contributed by atoms with Crippen LogP contribution in [0.3, 0.4) is 0 Å². The van der Waals surface area contributed by atoms with Gasteiger partial charge in [0, 0.05) is 12.4 Å². The second-order valence-corrected chi connectivity index (χ2v) is 17.2. The summed E-state index contributed by atoms with van der Waals surface area (Å²) >= 11 is 0. The van der Waals surface area contributed by atoms with E-state index in [0.29, 0.717) is 9.13 Å². The Bertz CT molecular complexity index is 2420. The number of fused-ring (bicyclic) bond motifs is 1. The Morgan fingerprint density at radius 1 is 0.712 bits per heavy atom. The molecule has 0 amide bonds. The zero-order valence-electron chi connectivity index (χ0n) is 29.7. The lowest BCUT2D eigenvalue weighted by Gasteiger charge is -2.32. The van der Waals surface area contributed by atoms with E-state index in [1.807, 2.05) is 0 Å². The van der Waals surface area contributed by atoms with Crippen molar-refractivity contribution >= 4 is 43.8 Å². The Balaban J connectivity index is 1.16. The van der Waals surface area contributed by atoms with E-state index < -0.39 is 118 Å². The summed E-state index contributed by atoms with van der Waals surface area (Å²) in [6, 6.07) is 2.19. The second-order valence-electron chi connectivity index (χ2n) is 13.5. The van der Waals surface area contributed by atoms with E-state index in [2.05, 4.69) is 24.9 Å². The molecule has 29 nitrogen and oxygen atoms in total. The van der Waals surface area contributed by atoms with Crippen molar-refractivity contribution in [1.29, 1.82) is 0 Å². The van der Waals surface area contributed by atoms with Crippen LogP contribution < -0.4 is 28.6 Å². The Kier molecular flexibility index (Phi) is 11.5. The van der Waals surface area contributed by atoms with Gasteiger partial charge < -0.3 is 76.9 Å². The lowest BCUT2D eigenvalue weighted by atomic mass is 10.1. The molecule has 16 atom stereocenters. The van der Waals surface area contributed by atoms with Crippen LogP contribution in [0.25, 0.3) is 11.2 Å². The number of anilines is 3. The maximum Gasteiger partial charge on any atom is 0.359 e. The lowest BCUT2D eigenvalue weighted by molar-refractivity contribution is -0.0800. The van der Waals surface area contributed by atoms with Crippen molar-refractivity contribution in [1.82, 2.24) is 38.6 Å². The molecule has 0 saturated carbocycles. The maximum atomic E-state index is 13.9. The number of rotatable bonds is 12. The van der Waals surface area contributed by atoms with Gasteiger partial charge in [-0.15, -0.1) is 0 Å². The van der Waals surface area contributed by atoms with Crippen molar-refractivity contribution in [2.75, 3.05) is 23.8 Å². The van der Waals surface area contributed by atoms with Crippen molar-refractivity contribution in [2.45, 2.75) is 85.3 Å². The summed E-state index contributed by atoms with van der Waals surface area (Å²) in [4.78, 5) is 66.2. The van der Waals surface area contributed by atoms with Crippen LogP contribution in [-0.4, -0.2) is 157 Å². The molecule has 0 bridgehead atoms. The minimum absolute atomic E-state index is 0.0391. The van der Waals surface area contributed by atoms with Gasteiger partial charge >= 0.3 is 26.6 Å². The average Bonchev–Trinajstić information content (AvgIpc) is 3.91. The van der Waals surface area contributed by atoms with Crippen LogP contribution in [0, 0.1) is 0 Å². The molecule has 7 heterocycles. The van der Waals surface area contributed by atoms with Gasteiger partial charge in [-0.05, 0) is 12.1 Å². The highest BCUT2D eigenvalue weighted by molar-refractivity contribution is 7.53. The third-order valence-corrected chi connectivity index (χ3v) is 12.7. The zero-order chi connectivity index (χ0) is 42.9. The molecule has 31 heteroatoms. The highest BCUT2D eigenvalue weighted by Crippen LogP contribution is 2.58. The molecule has 4 aromatic rings. The zero-order valence-corrected chi connectivity index (χ0v) is 31.4. The maximum absolute atomic E-state index is 13.9. The first-order valence-electron chi connectivity index (χ1n) is 17.1. The van der Waals surface area contributed by atoms with Crippen LogP contribution >= 0.6 is 15.2 Å². The molecule has 3 saturated heterocycles. The Labute approximate surface area is 327 Å². The first kappa shape index (κ1) is 42.7. The van der Waals surface area contributed by atoms with Gasteiger partial charge in [0.2, 0.25) is 0 Å². The highest BCUT2D eigenvalue weighted by Gasteiger charge is 2.60. The molecule has 59 heavy (non-hydrogen) atoms. The molecule has 3 fully saturated rings. The monoisotopic (exact) mass is 877 g/mol. The predicted molar refractivity (Wildman–Crippen MR) is 190 cm³/mol. The third kappa shape index (κ3) is 7.65. The summed E-state index contributed by atoms with van der Waals surface area (Å²) in [5.74, 6) is -6.28. The first-order valence-corrected chi connectivity index (χ1v) is 20.3. The summed E-state index contributed by atoms with van der Waals surface area (Å²) < 4.78 is 57.2. The van der Waals surface area contributed by atoms with Crippen LogP contribution in [0.1, 0.15) is 18.7 Å². The molecule has 322 valence electrons. The summed E-state index contributed by atoms with van der Waals surface area (Å²) in [6.45, 7) is -0.933. The van der Waals surface area contributed by atoms with Crippen molar-refractivity contribution in [3.63, 3.8) is 0 Å². The van der Waals surface area contributed by atoms with Gasteiger partial charge in [0.1, 0.15) is 78.4 Å². The van der Waals surface area contributed by atoms with Gasteiger partial charge in [0.15, 0.2) is 41.8 Å². The van der Waals surface area contributed by atoms with E-state index in [1.54, 1.807) is 0 Å². The molecule has 3 aliphatic heterocycles. The second kappa shape index (κ2) is 15.9. The number of aliphatic hydroxyl groups excluding tert-OH is 7. The number of hydrogen-bond donors (Lipinski definition) is 12. The lowest BCUT2D eigenvalue weighted by Crippen LogP contribution is -2.44. The number of nitrogens with two attached hydrogens (primary N) is 3. The molecule has 3 aliphatic rings. The van der Waals surface area contributed by atoms with Gasteiger partial charge in [0.25, 0.3) is 0 Å². The number of ether oxygens (including phenoxy) is 3. The van der Waals surface area contributed by atoms with Crippen LogP contribution in [0.4, 0.5) is 17.5 Å². The molecule has 0 spiro atoms. The molecule has 0 aromatic carbocycles. The van der Waals surface area contributed by atoms with Crippen LogP contribution in [0.2, 0.25) is 0 Å². The Hall–Kier alpha value is -4.39. The summed E-state index contributed by atoms with van der Waals surface area (Å²) in [5, 5.41) is 76.5. The topological polar surface area (TPSA) is 454 Å². The van der Waals surface area contributed by atoms with Crippen molar-refractivity contribution < 1.29 is 77.9 Å². The molecular formula is C28H37N11O18P2. The Morgan fingerprint density at radius 3 is 1.80 bits per heavy atom. The van der Waals surface area contributed by atoms with Crippen LogP contribution in [0.5, 0.6) is 0 Å². The van der Waals surface area contributed by atoms with Gasteiger partial charge in [-0.1, -0.05) is 0 Å². The predicted octanol–water partition coefficient (Wildman–Crippen LogP) is -6.01. The van der Waals surface area contributed by atoms with Crippen LogP contribution in [-0.2, 0) is 32.4 Å². The SMILES string of the molecule is Nc1ccn([C@@H]2O[C@H](C(O)P(=O)(O)O[C@H]3[C@@H](O)[C@H](n4ccc(N)nc4=O)O[C@@H]3C(O)P(=O)(O)O[C@H]3[C@@H](O)[C@H](n4cnc5c(N)ncnc54)O[C@@H]3CO)[C@@H](O)[C@H]2O)c(=O)n1. The normalized spacial score (nSPS) is 34.1. The van der Waals surface area contributed by atoms with Crippen LogP contribution in [0.15, 0.2) is 46.8 Å². The van der Waals surface area contributed by atoms with E-state index in [-0.39, 0.29) is 28.6 Å². The third-order valence-electron chi connectivity index (χ3n) is 9.73. The molecule has 7 rings (SSSR count). The molecule has 0 radical (unpaired) electrons. The number of aromatic nitrogens is 8. The Morgan fingerprint density at radius 2 is 1.22 bits per heavy atom. The molecule has 0 aliphatic carbocycles. The van der Waals surface area contributed by atoms with E-state index >= 15 is 0 Å². The largest absolute Gasteiger partial charge is 0.394 e. The standard InChI is InChI=1S/C28H37N11O18P2/c29-9-1-3-37(27(47)35-9)22-13(42)12(41)18(54-22)25(45)58(49,50)57-17-15(44)23(38-4-2-10(30)36-28(38)48)55-19(17)26(46)59(51,52)56-16-8(5-40)53-24(14(16)43)39-7-34-11-20(31)32-6-33-21(11)39/h1-4,6-8,12-19,22-26,40-46H,5H2,(H,49,50)(H,51,52)(H2,29,35,47)(H2,30,36,48)(H2,31,32,33)/t8-,12+,13-,14-,15-,16-,17+,18+,19+,22-,23-,24-,25?,26?/m1/s1. The minimum Gasteiger partial charge on any atom is -0.394 e. The van der Waals surface area contributed by atoms with E-state index in [4.69, 9.17) is 40.5 Å². The van der Waals surface area contributed by atoms with Crippen molar-refractivity contribution in [3.05, 3.63) is 58.1 Å². The highest BCUT2D eigenvalue weighted by atomic mass is 31.2. The van der Waals surface area contributed by atoms with E-state index in [0.717, 1.165) is 41.7 Å². The minimum atomic E-state index is -5.77. The molecule has 4 aromatic heterocycles. The summed E-state index contributed by atoms with van der Waals surface area (Å²) in [6.07, 6.45) is -20.2. The van der Waals surface area contributed by atoms with Gasteiger partial charge in [-0.2, -0.15) is 9.97 Å². The van der Waals surface area contributed by atoms with Gasteiger partial charge in [-0.25, -0.2) is 24.5 Å². The smallest absolute Gasteiger partial charge is 0.359 e. The first-order chi connectivity index (χ1) is 27.7. The molecular weight excluding hydrogens is 840 g/mol. The number of nitrogen functional groups attached to an aromatic ring is 3. The molecule has 15 N–H and O–H groups in total. The van der Waals surface area contributed by atoms with Gasteiger partial charge in [-0.3, -0.25) is 31.9 Å². The van der Waals surface area contributed by atoms with Crippen molar-refractivity contribution in [2.24, 2.45) is 0 Å². The van der Waals surface area contributed by atoms with Crippen molar-refractivity contribution in [3.8, 4) is 0 Å². The number of imidazole rings is 1. The fourth-order valence-electron chi connectivity index (χ4n) is 6.80. The number of aliphatic hydroxyl groups is 7.